The van der Waals surface area contributed by atoms with Crippen molar-refractivity contribution in [3.63, 3.8) is 0 Å². The molecule has 3 aromatic rings. The molecule has 8 heteroatoms. The number of amides is 1. The van der Waals surface area contributed by atoms with Gasteiger partial charge in [0, 0.05) is 12.6 Å². The monoisotopic (exact) mass is 431 g/mol. The van der Waals surface area contributed by atoms with Gasteiger partial charge < -0.3 is 10.1 Å². The van der Waals surface area contributed by atoms with Gasteiger partial charge in [0.2, 0.25) is 0 Å². The van der Waals surface area contributed by atoms with E-state index in [-0.39, 0.29) is 30.3 Å². The van der Waals surface area contributed by atoms with Gasteiger partial charge in [-0.2, -0.15) is 5.10 Å². The maximum atomic E-state index is 12.4. The van der Waals surface area contributed by atoms with E-state index in [2.05, 4.69) is 10.4 Å². The van der Waals surface area contributed by atoms with Crippen molar-refractivity contribution in [2.45, 2.75) is 13.0 Å². The number of hydrogen-bond acceptors (Lipinski definition) is 4. The van der Waals surface area contributed by atoms with Crippen LogP contribution < -0.4 is 15.6 Å². The molecule has 0 radical (unpaired) electrons. The van der Waals surface area contributed by atoms with E-state index >= 15 is 0 Å². The predicted octanol–water partition coefficient (Wildman–Crippen LogP) is 3.60. The molecule has 0 aliphatic rings. The summed E-state index contributed by atoms with van der Waals surface area (Å²) < 4.78 is 6.79. The highest BCUT2D eigenvalue weighted by molar-refractivity contribution is 6.42. The molecule has 0 aliphatic heterocycles. The van der Waals surface area contributed by atoms with E-state index in [1.807, 2.05) is 36.4 Å². The Morgan fingerprint density at radius 2 is 1.83 bits per heavy atom. The molecule has 0 bridgehead atoms. The quantitative estimate of drug-likeness (QED) is 0.591. The van der Waals surface area contributed by atoms with Crippen molar-refractivity contribution < 1.29 is 9.53 Å². The summed E-state index contributed by atoms with van der Waals surface area (Å²) in [6.07, 6.45) is 0.524. The number of carbonyl (C=O) groups is 1. The highest BCUT2D eigenvalue weighted by atomic mass is 35.5. The van der Waals surface area contributed by atoms with Crippen LogP contribution in [0.2, 0.25) is 10.0 Å². The summed E-state index contributed by atoms with van der Waals surface area (Å²) in [5.41, 5.74) is 0.695. The second-order valence-corrected chi connectivity index (χ2v) is 6.95. The van der Waals surface area contributed by atoms with Crippen LogP contribution in [-0.4, -0.2) is 28.8 Å². The average Bonchev–Trinajstić information content (AvgIpc) is 2.73. The van der Waals surface area contributed by atoms with Crippen LogP contribution in [0.25, 0.3) is 0 Å². The van der Waals surface area contributed by atoms with Crippen LogP contribution in [0.3, 0.4) is 0 Å². The summed E-state index contributed by atoms with van der Waals surface area (Å²) in [5, 5.41) is 7.85. The van der Waals surface area contributed by atoms with Gasteiger partial charge in [-0.3, -0.25) is 9.59 Å². The Labute approximate surface area is 178 Å². The van der Waals surface area contributed by atoms with Crippen LogP contribution in [0.4, 0.5) is 0 Å². The van der Waals surface area contributed by atoms with Crippen molar-refractivity contribution in [1.29, 1.82) is 0 Å². The lowest BCUT2D eigenvalue weighted by Crippen LogP contribution is -2.31. The highest BCUT2D eigenvalue weighted by Crippen LogP contribution is 2.25. The third kappa shape index (κ3) is 5.82. The van der Waals surface area contributed by atoms with Gasteiger partial charge in [-0.25, -0.2) is 4.68 Å². The summed E-state index contributed by atoms with van der Waals surface area (Å²) in [6, 6.07) is 17.4. The van der Waals surface area contributed by atoms with Crippen LogP contribution in [0.15, 0.2) is 65.5 Å². The summed E-state index contributed by atoms with van der Waals surface area (Å²) in [6.45, 7) is 0.846. The fourth-order valence-corrected chi connectivity index (χ4v) is 3.05. The Morgan fingerprint density at radius 3 is 2.62 bits per heavy atom. The maximum Gasteiger partial charge on any atom is 0.271 e. The standard InChI is InChI=1S/C21H19Cl2N3O3/c22-17-8-4-5-15(20(17)23)11-12-24-21(28)18-9-10-19(27)26(25-18)13-14-29-16-6-2-1-3-7-16/h1-10H,11-14H2,(H,24,28). The lowest BCUT2D eigenvalue weighted by atomic mass is 10.1. The van der Waals surface area contributed by atoms with Crippen LogP contribution in [0.5, 0.6) is 5.75 Å². The maximum absolute atomic E-state index is 12.4. The SMILES string of the molecule is O=C(NCCc1cccc(Cl)c1Cl)c1ccc(=O)n(CCOc2ccccc2)n1. The summed E-state index contributed by atoms with van der Waals surface area (Å²) >= 11 is 12.1. The lowest BCUT2D eigenvalue weighted by molar-refractivity contribution is 0.0946. The molecule has 1 amide bonds. The van der Waals surface area contributed by atoms with E-state index in [9.17, 15) is 9.59 Å². The van der Waals surface area contributed by atoms with Crippen molar-refractivity contribution in [3.8, 4) is 5.75 Å². The molecule has 3 rings (SSSR count). The molecule has 29 heavy (non-hydrogen) atoms. The largest absolute Gasteiger partial charge is 0.492 e. The Bertz CT molecular complexity index is 1040. The summed E-state index contributed by atoms with van der Waals surface area (Å²) in [4.78, 5) is 24.4. The number of aromatic nitrogens is 2. The average molecular weight is 432 g/mol. The third-order valence-corrected chi connectivity index (χ3v) is 4.98. The molecular formula is C21H19Cl2N3O3. The molecule has 1 aromatic heterocycles. The van der Waals surface area contributed by atoms with Crippen molar-refractivity contribution in [1.82, 2.24) is 15.1 Å². The van der Waals surface area contributed by atoms with Gasteiger partial charge in [0.05, 0.1) is 16.6 Å². The summed E-state index contributed by atoms with van der Waals surface area (Å²) in [7, 11) is 0. The van der Waals surface area contributed by atoms with E-state index in [1.54, 1.807) is 12.1 Å². The molecule has 0 fully saturated rings. The van der Waals surface area contributed by atoms with Crippen molar-refractivity contribution >= 4 is 29.1 Å². The number of ether oxygens (including phenoxy) is 1. The molecule has 0 unspecified atom stereocenters. The van der Waals surface area contributed by atoms with Gasteiger partial charge >= 0.3 is 0 Å². The lowest BCUT2D eigenvalue weighted by Gasteiger charge is -2.10. The van der Waals surface area contributed by atoms with E-state index in [1.165, 1.54) is 16.8 Å². The number of benzene rings is 2. The zero-order valence-electron chi connectivity index (χ0n) is 15.5. The second-order valence-electron chi connectivity index (χ2n) is 6.16. The van der Waals surface area contributed by atoms with Crippen LogP contribution in [0.1, 0.15) is 16.1 Å². The molecular weight excluding hydrogens is 413 g/mol. The van der Waals surface area contributed by atoms with Gasteiger partial charge in [-0.05, 0) is 36.2 Å². The minimum atomic E-state index is -0.374. The molecule has 1 heterocycles. The molecule has 0 aliphatic carbocycles. The number of nitrogens with zero attached hydrogens (tertiary/aromatic N) is 2. The number of rotatable bonds is 8. The van der Waals surface area contributed by atoms with Crippen molar-refractivity contribution in [3.05, 3.63) is 92.3 Å². The first-order chi connectivity index (χ1) is 14.0. The topological polar surface area (TPSA) is 73.2 Å². The van der Waals surface area contributed by atoms with Gasteiger partial charge in [0.25, 0.3) is 11.5 Å². The fraction of sp³-hybridized carbons (Fsp3) is 0.190. The van der Waals surface area contributed by atoms with E-state index in [0.29, 0.717) is 28.8 Å². The molecule has 0 spiro atoms. The molecule has 1 N–H and O–H groups in total. The number of nitrogens with one attached hydrogen (secondary N) is 1. The van der Waals surface area contributed by atoms with Gasteiger partial charge in [-0.15, -0.1) is 0 Å². The molecule has 2 aromatic carbocycles. The predicted molar refractivity (Wildman–Crippen MR) is 113 cm³/mol. The minimum absolute atomic E-state index is 0.154. The zero-order valence-corrected chi connectivity index (χ0v) is 17.0. The smallest absolute Gasteiger partial charge is 0.271 e. The number of hydrogen-bond donors (Lipinski definition) is 1. The Balaban J connectivity index is 1.55. The van der Waals surface area contributed by atoms with E-state index in [0.717, 1.165) is 5.56 Å². The Morgan fingerprint density at radius 1 is 1.03 bits per heavy atom. The zero-order chi connectivity index (χ0) is 20.6. The number of carbonyl (C=O) groups excluding carboxylic acids is 1. The normalized spacial score (nSPS) is 10.6. The second kappa shape index (κ2) is 10.1. The van der Waals surface area contributed by atoms with Crippen molar-refractivity contribution in [2.24, 2.45) is 0 Å². The summed E-state index contributed by atoms with van der Waals surface area (Å²) in [5.74, 6) is 0.329. The molecule has 0 saturated heterocycles. The van der Waals surface area contributed by atoms with Gasteiger partial charge in [-0.1, -0.05) is 53.5 Å². The molecule has 0 saturated carbocycles. The fourth-order valence-electron chi connectivity index (χ4n) is 2.64. The van der Waals surface area contributed by atoms with Crippen LogP contribution >= 0.6 is 23.2 Å². The first-order valence-electron chi connectivity index (χ1n) is 9.01. The number of para-hydroxylation sites is 1. The van der Waals surface area contributed by atoms with Crippen LogP contribution in [-0.2, 0) is 13.0 Å². The molecule has 150 valence electrons. The Kier molecular flexibility index (Phi) is 7.27. The third-order valence-electron chi connectivity index (χ3n) is 4.13. The van der Waals surface area contributed by atoms with Crippen LogP contribution in [0, 0.1) is 0 Å². The Hall–Kier alpha value is -2.83. The van der Waals surface area contributed by atoms with Crippen molar-refractivity contribution in [2.75, 3.05) is 13.2 Å². The first kappa shape index (κ1) is 20.9. The van der Waals surface area contributed by atoms with E-state index in [4.69, 9.17) is 27.9 Å². The number of halogens is 2. The highest BCUT2D eigenvalue weighted by Gasteiger charge is 2.10. The van der Waals surface area contributed by atoms with E-state index < -0.39 is 0 Å². The van der Waals surface area contributed by atoms with Gasteiger partial charge in [0.15, 0.2) is 0 Å². The first-order valence-corrected chi connectivity index (χ1v) is 9.77. The minimum Gasteiger partial charge on any atom is -0.492 e. The van der Waals surface area contributed by atoms with Gasteiger partial charge in [0.1, 0.15) is 18.1 Å². The molecule has 6 nitrogen and oxygen atoms in total. The molecule has 0 atom stereocenters.